The number of aromatic nitrogens is 2. The number of thioether (sulfide) groups is 1. The highest BCUT2D eigenvalue weighted by atomic mass is 32.2. The van der Waals surface area contributed by atoms with Crippen LogP contribution in [0.4, 0.5) is 0 Å². The van der Waals surface area contributed by atoms with Crippen LogP contribution in [0.3, 0.4) is 0 Å². The van der Waals surface area contributed by atoms with Crippen molar-refractivity contribution in [3.8, 4) is 28.2 Å². The molecule has 2 fully saturated rings. The number of aromatic amines is 1. The van der Waals surface area contributed by atoms with Gasteiger partial charge in [-0.15, -0.1) is 11.8 Å². The monoisotopic (exact) mass is 938 g/mol. The van der Waals surface area contributed by atoms with E-state index in [1.54, 1.807) is 0 Å². The smallest absolute Gasteiger partial charge is 0.336 e. The number of fused-ring (bicyclic) bond motifs is 2. The van der Waals surface area contributed by atoms with Crippen LogP contribution in [0.2, 0.25) is 0 Å². The van der Waals surface area contributed by atoms with Gasteiger partial charge in [-0.05, 0) is 55.0 Å². The minimum atomic E-state index is -4.94. The average Bonchev–Trinajstić information content (AvgIpc) is 3.75. The third kappa shape index (κ3) is 10.7. The molecule has 24 heteroatoms. The van der Waals surface area contributed by atoms with Crippen LogP contribution < -0.4 is 32.4 Å². The zero-order valence-electron chi connectivity index (χ0n) is 33.3. The van der Waals surface area contributed by atoms with E-state index in [-0.39, 0.29) is 77.3 Å². The van der Waals surface area contributed by atoms with Crippen LogP contribution >= 0.6 is 19.6 Å². The van der Waals surface area contributed by atoms with Crippen molar-refractivity contribution >= 4 is 60.2 Å². The van der Waals surface area contributed by atoms with Crippen molar-refractivity contribution in [2.45, 2.75) is 57.3 Å². The summed E-state index contributed by atoms with van der Waals surface area (Å²) in [5, 5.41) is 30.0. The number of phenols is 1. The normalized spacial score (nSPS) is 19.3. The topological polar surface area (TPSA) is 326 Å². The molecule has 0 spiro atoms. The number of phosphoric acid groups is 1. The minimum absolute atomic E-state index is 0. The van der Waals surface area contributed by atoms with E-state index in [1.165, 1.54) is 67.7 Å². The van der Waals surface area contributed by atoms with Gasteiger partial charge in [0.1, 0.15) is 29.4 Å². The lowest BCUT2D eigenvalue weighted by Crippen LogP contribution is -2.43. The largest absolute Gasteiger partial charge is 0.756 e. The number of nitrogens with zero attached hydrogens (tertiary/aromatic N) is 2. The Bertz CT molecular complexity index is 2900. The van der Waals surface area contributed by atoms with Gasteiger partial charge >= 0.3 is 11.7 Å². The predicted octanol–water partition coefficient (Wildman–Crippen LogP) is 1.63. The number of carboxylic acids is 1. The molecule has 0 bridgehead atoms. The number of rotatable bonds is 15. The maximum atomic E-state index is 13.2. The van der Waals surface area contributed by atoms with E-state index in [4.69, 9.17) is 18.2 Å². The number of phenolic OH excluding ortho intramolecular Hbond substituents is 1. The molecule has 4 heterocycles. The highest BCUT2D eigenvalue weighted by molar-refractivity contribution is 8.00. The standard InChI is InChI=1S/C40H38N5O17PS.CH4/c1-19-17-45(40(56)41-36(19)51)34-15-27(48)30(62-34)18-60-63(57,58)59-10-11-64-31-16-33(50)44(38(31)53)9-8-32(49)42-43-37(52)20-2-5-23(39(54)55)26(12-20)35-24-6-3-21(46)13-28(24)61-29-14-22(47)4-7-25(29)35;/h2-7,12-14,17,27,30-31,34,46,48H,8-11,15-16,18H2,1H3,(H,42,49)(H,43,52)(H,54,55)(H,57,58)(H,41,51,56);1H4/p-1/t27-,30-,31?,34-;/m1./s1. The number of aromatic carboxylic acids is 1. The van der Waals surface area contributed by atoms with Crippen molar-refractivity contribution in [2.24, 2.45) is 0 Å². The quantitative estimate of drug-likeness (QED) is 0.0286. The molecule has 2 unspecified atom stereocenters. The molecule has 0 radical (unpaired) electrons. The number of hydrogen-bond donors (Lipinski definition) is 6. The SMILES string of the molecule is C.Cc1cn([C@H]2C[C@@H](O)[C@@H](COP(=O)([O-])OCCSC3CC(=O)N(CCC(=O)NNC(=O)c4ccc(C(=O)O)c(-c5c6ccc(=O)cc-6oc6cc(O)ccc56)c4)C3=O)O2)c(=O)[nH]c1=O. The molecule has 6 N–H and O–H groups in total. The molecular weight excluding hydrogens is 898 g/mol. The summed E-state index contributed by atoms with van der Waals surface area (Å²) in [5.41, 5.74) is 3.42. The molecule has 3 aromatic rings. The molecule has 1 aromatic heterocycles. The Labute approximate surface area is 371 Å². The number of carbonyl (C=O) groups excluding carboxylic acids is 4. The van der Waals surface area contributed by atoms with Gasteiger partial charge in [0.05, 0.1) is 30.1 Å². The van der Waals surface area contributed by atoms with Gasteiger partial charge in [-0.3, -0.25) is 58.6 Å². The number of aliphatic hydroxyl groups excluding tert-OH is 1. The Morgan fingerprint density at radius 1 is 1.02 bits per heavy atom. The molecule has 3 aliphatic heterocycles. The first kappa shape index (κ1) is 48.0. The molecule has 0 saturated carbocycles. The van der Waals surface area contributed by atoms with Crippen LogP contribution in [0.25, 0.3) is 33.4 Å². The van der Waals surface area contributed by atoms with Crippen LogP contribution in [0, 0.1) is 6.92 Å². The summed E-state index contributed by atoms with van der Waals surface area (Å²) in [6.07, 6.45) is -2.86. The van der Waals surface area contributed by atoms with Crippen molar-refractivity contribution in [3.63, 3.8) is 0 Å². The van der Waals surface area contributed by atoms with Crippen LogP contribution in [0.5, 0.6) is 5.75 Å². The van der Waals surface area contributed by atoms with Gasteiger partial charge in [-0.2, -0.15) is 0 Å². The Hall–Kier alpha value is -6.46. The highest BCUT2D eigenvalue weighted by Gasteiger charge is 2.39. The van der Waals surface area contributed by atoms with Gasteiger partial charge in [0.15, 0.2) is 5.43 Å². The molecule has 344 valence electrons. The molecule has 1 aliphatic carbocycles. The first-order valence-electron chi connectivity index (χ1n) is 19.3. The minimum Gasteiger partial charge on any atom is -0.756 e. The van der Waals surface area contributed by atoms with Crippen molar-refractivity contribution in [3.05, 3.63) is 109 Å². The third-order valence-corrected chi connectivity index (χ3v) is 12.4. The van der Waals surface area contributed by atoms with Gasteiger partial charge in [0.25, 0.3) is 19.3 Å². The second kappa shape index (κ2) is 19.7. The average molecular weight is 939 g/mol. The van der Waals surface area contributed by atoms with E-state index >= 15 is 0 Å². The fourth-order valence-electron chi connectivity index (χ4n) is 7.10. The fourth-order valence-corrected chi connectivity index (χ4v) is 8.93. The number of imide groups is 1. The van der Waals surface area contributed by atoms with E-state index in [2.05, 4.69) is 15.8 Å². The Morgan fingerprint density at radius 2 is 1.78 bits per heavy atom. The Balaban J connectivity index is 0.00000700. The molecule has 22 nitrogen and oxygen atoms in total. The van der Waals surface area contributed by atoms with Crippen molar-refractivity contribution in [1.29, 1.82) is 0 Å². The van der Waals surface area contributed by atoms with Crippen LogP contribution in [0.1, 0.15) is 59.2 Å². The number of nitrogens with one attached hydrogen (secondary N) is 3. The van der Waals surface area contributed by atoms with Gasteiger partial charge in [0, 0.05) is 77.5 Å². The maximum absolute atomic E-state index is 13.2. The van der Waals surface area contributed by atoms with Crippen LogP contribution in [-0.2, 0) is 32.7 Å². The number of likely N-dealkylation sites (tertiary alicyclic amines) is 1. The number of hydrogen-bond acceptors (Lipinski definition) is 17. The van der Waals surface area contributed by atoms with Gasteiger partial charge in [-0.1, -0.05) is 7.43 Å². The lowest BCUT2D eigenvalue weighted by Gasteiger charge is -2.25. The van der Waals surface area contributed by atoms with Gasteiger partial charge in [0.2, 0.25) is 17.7 Å². The van der Waals surface area contributed by atoms with Crippen molar-refractivity contribution < 1.29 is 67.0 Å². The number of carboxylic acid groups (broad SMARTS) is 1. The fraction of sp³-hybridized carbons (Fsp3) is 0.317. The molecule has 4 aliphatic rings. The molecular formula is C41H41N5O17PS-. The summed E-state index contributed by atoms with van der Waals surface area (Å²) < 4.78 is 34.6. The number of amides is 4. The summed E-state index contributed by atoms with van der Waals surface area (Å²) in [5.74, 6) is -4.32. The summed E-state index contributed by atoms with van der Waals surface area (Å²) in [6.45, 7) is 0.0253. The highest BCUT2D eigenvalue weighted by Crippen LogP contribution is 2.43. The maximum Gasteiger partial charge on any atom is 0.336 e. The lowest BCUT2D eigenvalue weighted by molar-refractivity contribution is -0.228. The number of aliphatic hydroxyl groups is 1. The summed E-state index contributed by atoms with van der Waals surface area (Å²) in [4.78, 5) is 115. The number of ether oxygens (including phenoxy) is 1. The lowest BCUT2D eigenvalue weighted by atomic mass is 9.89. The van der Waals surface area contributed by atoms with Crippen molar-refractivity contribution in [1.82, 2.24) is 25.3 Å². The van der Waals surface area contributed by atoms with E-state index in [1.807, 2.05) is 0 Å². The molecule has 2 saturated heterocycles. The van der Waals surface area contributed by atoms with Gasteiger partial charge < -0.3 is 38.4 Å². The molecule has 4 amide bonds. The summed E-state index contributed by atoms with van der Waals surface area (Å²) in [7, 11) is -4.94. The third-order valence-electron chi connectivity index (χ3n) is 10.2. The first-order valence-corrected chi connectivity index (χ1v) is 21.8. The van der Waals surface area contributed by atoms with E-state index < -0.39 is 92.0 Å². The van der Waals surface area contributed by atoms with Crippen molar-refractivity contribution in [2.75, 3.05) is 25.5 Å². The van der Waals surface area contributed by atoms with Gasteiger partial charge in [-0.25, -0.2) is 9.59 Å². The molecule has 7 rings (SSSR count). The second-order valence-corrected chi connectivity index (χ2v) is 17.3. The number of aromatic hydroxyl groups is 1. The second-order valence-electron chi connectivity index (χ2n) is 14.6. The molecule has 65 heavy (non-hydrogen) atoms. The number of phosphoric ester groups is 1. The van der Waals surface area contributed by atoms with E-state index in [9.17, 15) is 63.1 Å². The summed E-state index contributed by atoms with van der Waals surface area (Å²) in [6, 6.07) is 11.7. The van der Waals surface area contributed by atoms with Crippen LogP contribution in [-0.4, -0.2) is 102 Å². The zero-order chi connectivity index (χ0) is 46.0. The number of H-pyrrole nitrogens is 1. The number of aryl methyl sites for hydroxylation is 1. The number of hydrazine groups is 1. The van der Waals surface area contributed by atoms with Crippen LogP contribution in [0.15, 0.2) is 79.6 Å². The first-order chi connectivity index (χ1) is 30.4. The summed E-state index contributed by atoms with van der Waals surface area (Å²) >= 11 is 0.937. The molecule has 2 aromatic carbocycles. The zero-order valence-corrected chi connectivity index (χ0v) is 35.1. The predicted molar refractivity (Wildman–Crippen MR) is 228 cm³/mol. The Morgan fingerprint density at radius 3 is 2.54 bits per heavy atom. The number of benzene rings is 3. The number of carbonyl (C=O) groups is 5. The molecule has 5 atom stereocenters. The van der Waals surface area contributed by atoms with E-state index in [0.29, 0.717) is 16.5 Å². The van der Waals surface area contributed by atoms with E-state index in [0.717, 1.165) is 21.2 Å². The Kier molecular flexibility index (Phi) is 14.6.